The molecule has 4 heteroatoms. The molecule has 0 bridgehead atoms. The van der Waals surface area contributed by atoms with Crippen LogP contribution in [0.4, 0.5) is 0 Å². The van der Waals surface area contributed by atoms with Gasteiger partial charge < -0.3 is 5.32 Å². The molecule has 1 heterocycles. The molecular formula is C13H14ClNS2. The molecule has 1 N–H and O–H groups in total. The lowest BCUT2D eigenvalue weighted by atomic mass is 10.2. The lowest BCUT2D eigenvalue weighted by Crippen LogP contribution is -2.04. The standard InChI is InChI=1S/C13H14ClNS2/c1-15-8-10-3-2-4-11(7-10)16-9-12-5-6-13(14)17-12/h2-7,15H,8-9H2,1H3. The van der Waals surface area contributed by atoms with Gasteiger partial charge in [-0.15, -0.1) is 23.1 Å². The van der Waals surface area contributed by atoms with Gasteiger partial charge in [0.15, 0.2) is 0 Å². The van der Waals surface area contributed by atoms with Crippen molar-refractivity contribution in [3.05, 3.63) is 51.2 Å². The summed E-state index contributed by atoms with van der Waals surface area (Å²) in [6.07, 6.45) is 0. The largest absolute Gasteiger partial charge is 0.316 e. The first kappa shape index (κ1) is 13.0. The molecule has 1 aromatic carbocycles. The van der Waals surface area contributed by atoms with Gasteiger partial charge in [-0.2, -0.15) is 0 Å². The van der Waals surface area contributed by atoms with Crippen LogP contribution in [0.5, 0.6) is 0 Å². The van der Waals surface area contributed by atoms with Crippen molar-refractivity contribution in [3.8, 4) is 0 Å². The van der Waals surface area contributed by atoms with Gasteiger partial charge in [0.25, 0.3) is 0 Å². The molecule has 0 fully saturated rings. The number of rotatable bonds is 5. The fourth-order valence-corrected chi connectivity index (χ4v) is 3.64. The fourth-order valence-electron chi connectivity index (χ4n) is 1.53. The molecule has 0 aliphatic carbocycles. The minimum absolute atomic E-state index is 0.865. The van der Waals surface area contributed by atoms with Gasteiger partial charge in [-0.25, -0.2) is 0 Å². The van der Waals surface area contributed by atoms with Crippen molar-refractivity contribution in [2.75, 3.05) is 7.05 Å². The highest BCUT2D eigenvalue weighted by molar-refractivity contribution is 7.98. The molecule has 0 radical (unpaired) electrons. The first-order chi connectivity index (χ1) is 8.28. The van der Waals surface area contributed by atoms with Crippen molar-refractivity contribution in [2.24, 2.45) is 0 Å². The van der Waals surface area contributed by atoms with Crippen LogP contribution in [-0.2, 0) is 12.3 Å². The Hall–Kier alpha value is -0.480. The van der Waals surface area contributed by atoms with E-state index in [1.54, 1.807) is 11.3 Å². The second kappa shape index (κ2) is 6.45. The second-order valence-corrected chi connectivity index (χ2v) is 6.52. The van der Waals surface area contributed by atoms with Crippen molar-refractivity contribution in [2.45, 2.75) is 17.2 Å². The van der Waals surface area contributed by atoms with E-state index in [1.807, 2.05) is 24.9 Å². The molecular weight excluding hydrogens is 270 g/mol. The van der Waals surface area contributed by atoms with Crippen molar-refractivity contribution < 1.29 is 0 Å². The molecule has 0 spiro atoms. The molecule has 0 saturated heterocycles. The van der Waals surface area contributed by atoms with E-state index in [0.717, 1.165) is 16.6 Å². The Labute approximate surface area is 115 Å². The van der Waals surface area contributed by atoms with Gasteiger partial charge in [-0.05, 0) is 36.9 Å². The molecule has 0 atom stereocenters. The van der Waals surface area contributed by atoms with E-state index in [1.165, 1.54) is 15.3 Å². The van der Waals surface area contributed by atoms with Crippen LogP contribution >= 0.6 is 34.7 Å². The highest BCUT2D eigenvalue weighted by Gasteiger charge is 2.00. The maximum Gasteiger partial charge on any atom is 0.0931 e. The molecule has 1 nitrogen and oxygen atoms in total. The number of benzene rings is 1. The van der Waals surface area contributed by atoms with Crippen molar-refractivity contribution >= 4 is 34.7 Å². The van der Waals surface area contributed by atoms with Crippen LogP contribution in [0.15, 0.2) is 41.3 Å². The summed E-state index contributed by atoms with van der Waals surface area (Å²) in [5.74, 6) is 0.987. The van der Waals surface area contributed by atoms with E-state index in [-0.39, 0.29) is 0 Å². The third kappa shape index (κ3) is 4.03. The summed E-state index contributed by atoms with van der Waals surface area (Å²) in [4.78, 5) is 2.63. The van der Waals surface area contributed by atoms with Gasteiger partial charge in [0, 0.05) is 22.1 Å². The Morgan fingerprint density at radius 2 is 2.18 bits per heavy atom. The number of nitrogens with one attached hydrogen (secondary N) is 1. The number of hydrogen-bond donors (Lipinski definition) is 1. The summed E-state index contributed by atoms with van der Waals surface area (Å²) in [5.41, 5.74) is 1.32. The number of thiophene rings is 1. The summed E-state index contributed by atoms with van der Waals surface area (Å²) >= 11 is 9.41. The van der Waals surface area contributed by atoms with E-state index in [2.05, 4.69) is 35.6 Å². The van der Waals surface area contributed by atoms with Crippen molar-refractivity contribution in [1.82, 2.24) is 5.32 Å². The molecule has 0 aliphatic heterocycles. The highest BCUT2D eigenvalue weighted by atomic mass is 35.5. The molecule has 0 amide bonds. The van der Waals surface area contributed by atoms with E-state index in [4.69, 9.17) is 11.6 Å². The number of hydrogen-bond acceptors (Lipinski definition) is 3. The van der Waals surface area contributed by atoms with E-state index in [0.29, 0.717) is 0 Å². The first-order valence-corrected chi connectivity index (χ1v) is 7.56. The number of thioether (sulfide) groups is 1. The Morgan fingerprint density at radius 1 is 1.29 bits per heavy atom. The normalized spacial score (nSPS) is 10.7. The maximum absolute atomic E-state index is 5.91. The van der Waals surface area contributed by atoms with E-state index >= 15 is 0 Å². The monoisotopic (exact) mass is 283 g/mol. The zero-order chi connectivity index (χ0) is 12.1. The average Bonchev–Trinajstić information content (AvgIpc) is 2.74. The summed E-state index contributed by atoms with van der Waals surface area (Å²) in [5, 5.41) is 3.16. The minimum Gasteiger partial charge on any atom is -0.316 e. The van der Waals surface area contributed by atoms with Crippen LogP contribution in [0, 0.1) is 0 Å². The minimum atomic E-state index is 0.865. The third-order valence-corrected chi connectivity index (χ3v) is 4.75. The van der Waals surface area contributed by atoms with Crippen LogP contribution in [-0.4, -0.2) is 7.05 Å². The molecule has 17 heavy (non-hydrogen) atoms. The predicted molar refractivity (Wildman–Crippen MR) is 78.1 cm³/mol. The van der Waals surface area contributed by atoms with Gasteiger partial charge in [0.2, 0.25) is 0 Å². The average molecular weight is 284 g/mol. The van der Waals surface area contributed by atoms with E-state index < -0.39 is 0 Å². The smallest absolute Gasteiger partial charge is 0.0931 e. The molecule has 0 saturated carbocycles. The summed E-state index contributed by atoms with van der Waals surface area (Å²) < 4.78 is 0.865. The van der Waals surface area contributed by atoms with Crippen LogP contribution in [0.3, 0.4) is 0 Å². The lowest BCUT2D eigenvalue weighted by molar-refractivity contribution is 0.815. The highest BCUT2D eigenvalue weighted by Crippen LogP contribution is 2.29. The first-order valence-electron chi connectivity index (χ1n) is 5.38. The second-order valence-electron chi connectivity index (χ2n) is 3.67. The number of halogens is 1. The van der Waals surface area contributed by atoms with Crippen LogP contribution in [0.25, 0.3) is 0 Å². The fraction of sp³-hybridized carbons (Fsp3) is 0.231. The van der Waals surface area contributed by atoms with Gasteiger partial charge in [-0.1, -0.05) is 23.7 Å². The van der Waals surface area contributed by atoms with Crippen LogP contribution < -0.4 is 5.32 Å². The molecule has 2 aromatic rings. The Bertz CT molecular complexity index is 482. The third-order valence-electron chi connectivity index (χ3n) is 2.29. The van der Waals surface area contributed by atoms with Gasteiger partial charge in [0.1, 0.15) is 0 Å². The van der Waals surface area contributed by atoms with Crippen LogP contribution in [0.2, 0.25) is 4.34 Å². The molecule has 0 aliphatic rings. The molecule has 2 rings (SSSR count). The van der Waals surface area contributed by atoms with E-state index in [9.17, 15) is 0 Å². The Balaban J connectivity index is 1.96. The summed E-state index contributed by atoms with van der Waals surface area (Å²) in [6, 6.07) is 12.7. The summed E-state index contributed by atoms with van der Waals surface area (Å²) in [7, 11) is 1.97. The van der Waals surface area contributed by atoms with Gasteiger partial charge in [-0.3, -0.25) is 0 Å². The van der Waals surface area contributed by atoms with Gasteiger partial charge >= 0.3 is 0 Å². The van der Waals surface area contributed by atoms with Crippen LogP contribution in [0.1, 0.15) is 10.4 Å². The van der Waals surface area contributed by atoms with Crippen molar-refractivity contribution in [3.63, 3.8) is 0 Å². The molecule has 0 unspecified atom stereocenters. The van der Waals surface area contributed by atoms with Gasteiger partial charge in [0.05, 0.1) is 4.34 Å². The Kier molecular flexibility index (Phi) is 4.92. The zero-order valence-corrected chi connectivity index (χ0v) is 12.0. The molecule has 90 valence electrons. The SMILES string of the molecule is CNCc1cccc(SCc2ccc(Cl)s2)c1. The quantitative estimate of drug-likeness (QED) is 0.816. The van der Waals surface area contributed by atoms with Crippen molar-refractivity contribution in [1.29, 1.82) is 0 Å². The maximum atomic E-state index is 5.91. The predicted octanol–water partition coefficient (Wildman–Crippen LogP) is 4.41. The zero-order valence-electron chi connectivity index (χ0n) is 9.57. The lowest BCUT2D eigenvalue weighted by Gasteiger charge is -2.04. The topological polar surface area (TPSA) is 12.0 Å². The Morgan fingerprint density at radius 3 is 2.88 bits per heavy atom. The molecule has 1 aromatic heterocycles. The summed E-state index contributed by atoms with van der Waals surface area (Å²) in [6.45, 7) is 0.916.